The molecule has 4 nitrogen and oxygen atoms in total. The maximum Gasteiger partial charge on any atom is 0.263 e. The van der Waals surface area contributed by atoms with Crippen LogP contribution in [0.2, 0.25) is 0 Å². The molecule has 0 bridgehead atoms. The van der Waals surface area contributed by atoms with Gasteiger partial charge in [-0.25, -0.2) is 8.42 Å². The molecular weight excluding hydrogens is 330 g/mol. The van der Waals surface area contributed by atoms with Gasteiger partial charge in [0.15, 0.2) is 0 Å². The molecule has 0 saturated heterocycles. The number of halogens is 2. The Kier molecular flexibility index (Phi) is 3.22. The van der Waals surface area contributed by atoms with Gasteiger partial charge in [-0.3, -0.25) is 4.79 Å². The van der Waals surface area contributed by atoms with Crippen LogP contribution in [0.15, 0.2) is 21.5 Å². The topological polar surface area (TPSA) is 54.5 Å². The summed E-state index contributed by atoms with van der Waals surface area (Å²) in [7, 11) is 1.53. The lowest BCUT2D eigenvalue weighted by atomic mass is 10.2. The van der Waals surface area contributed by atoms with Gasteiger partial charge < -0.3 is 4.90 Å². The second kappa shape index (κ2) is 4.26. The molecule has 0 aromatic heterocycles. The molecule has 0 saturated carbocycles. The van der Waals surface area contributed by atoms with E-state index in [1.54, 1.807) is 0 Å². The van der Waals surface area contributed by atoms with Gasteiger partial charge in [0.2, 0.25) is 5.91 Å². The summed E-state index contributed by atoms with van der Waals surface area (Å²) in [5.41, 5.74) is 1.23. The largest absolute Gasteiger partial charge is 0.311 e. The summed E-state index contributed by atoms with van der Waals surface area (Å²) in [5.74, 6) is -0.187. The van der Waals surface area contributed by atoms with Crippen LogP contribution in [-0.2, 0) is 20.3 Å². The highest BCUT2D eigenvalue weighted by atomic mass is 79.9. The molecule has 0 aliphatic carbocycles. The monoisotopic (exact) mass is 337 g/mol. The van der Waals surface area contributed by atoms with Crippen LogP contribution in [0.5, 0.6) is 0 Å². The zero-order valence-corrected chi connectivity index (χ0v) is 12.1. The number of anilines is 1. The number of benzene rings is 1. The first-order valence-electron chi connectivity index (χ1n) is 4.86. The van der Waals surface area contributed by atoms with E-state index in [0.29, 0.717) is 23.1 Å². The molecule has 1 aromatic rings. The number of carbonyl (C=O) groups is 1. The normalized spacial score (nSPS) is 14.9. The Balaban J connectivity index is 2.73. The van der Waals surface area contributed by atoms with E-state index in [9.17, 15) is 13.2 Å². The maximum absolute atomic E-state index is 11.5. The summed E-state index contributed by atoms with van der Waals surface area (Å²) in [6.07, 6.45) is 0.633. The van der Waals surface area contributed by atoms with E-state index in [4.69, 9.17) is 10.7 Å². The van der Waals surface area contributed by atoms with Gasteiger partial charge in [-0.2, -0.15) is 0 Å². The predicted octanol–water partition coefficient (Wildman–Crippen LogP) is 2.29. The van der Waals surface area contributed by atoms with Gasteiger partial charge in [-0.1, -0.05) is 15.9 Å². The summed E-state index contributed by atoms with van der Waals surface area (Å²) in [6, 6.07) is 3.23. The second-order valence-electron chi connectivity index (χ2n) is 3.77. The molecule has 7 heteroatoms. The van der Waals surface area contributed by atoms with Crippen molar-refractivity contribution in [1.82, 2.24) is 0 Å². The number of nitrogens with zero attached hydrogens (tertiary/aromatic N) is 1. The van der Waals surface area contributed by atoms with Crippen LogP contribution in [0.4, 0.5) is 5.69 Å². The molecule has 2 rings (SSSR count). The van der Waals surface area contributed by atoms with Gasteiger partial charge in [0.05, 0.1) is 5.69 Å². The smallest absolute Gasteiger partial charge is 0.263 e. The summed E-state index contributed by atoms with van der Waals surface area (Å²) >= 11 is 3.24. The molecule has 1 amide bonds. The predicted molar refractivity (Wildman–Crippen MR) is 68.9 cm³/mol. The number of hydrogen-bond donors (Lipinski definition) is 0. The minimum atomic E-state index is -3.87. The fourth-order valence-electron chi connectivity index (χ4n) is 1.97. The van der Waals surface area contributed by atoms with E-state index >= 15 is 0 Å². The SMILES string of the molecule is CC(=O)N1CCc2cc(Br)cc(S(=O)(=O)Cl)c21. The number of rotatable bonds is 1. The maximum atomic E-state index is 11.5. The molecule has 92 valence electrons. The summed E-state index contributed by atoms with van der Waals surface area (Å²) in [6.45, 7) is 1.89. The van der Waals surface area contributed by atoms with Crippen molar-refractivity contribution in [3.63, 3.8) is 0 Å². The highest BCUT2D eigenvalue weighted by Crippen LogP contribution is 2.38. The van der Waals surface area contributed by atoms with E-state index in [2.05, 4.69) is 15.9 Å². The van der Waals surface area contributed by atoms with Gasteiger partial charge in [-0.15, -0.1) is 0 Å². The average Bonchev–Trinajstić information content (AvgIpc) is 2.57. The average molecular weight is 339 g/mol. The van der Waals surface area contributed by atoms with Crippen LogP contribution in [0.25, 0.3) is 0 Å². The van der Waals surface area contributed by atoms with Crippen molar-refractivity contribution in [3.8, 4) is 0 Å². The van der Waals surface area contributed by atoms with E-state index in [1.165, 1.54) is 17.9 Å². The highest BCUT2D eigenvalue weighted by molar-refractivity contribution is 9.10. The van der Waals surface area contributed by atoms with Gasteiger partial charge in [0.1, 0.15) is 4.90 Å². The fourth-order valence-corrected chi connectivity index (χ4v) is 3.72. The summed E-state index contributed by atoms with van der Waals surface area (Å²) < 4.78 is 23.7. The zero-order valence-electron chi connectivity index (χ0n) is 8.91. The van der Waals surface area contributed by atoms with Crippen molar-refractivity contribution in [2.75, 3.05) is 11.4 Å². The Morgan fingerprint density at radius 1 is 1.47 bits per heavy atom. The molecule has 1 aromatic carbocycles. The van der Waals surface area contributed by atoms with Crippen molar-refractivity contribution >= 4 is 47.3 Å². The van der Waals surface area contributed by atoms with Crippen molar-refractivity contribution in [2.24, 2.45) is 0 Å². The number of fused-ring (bicyclic) bond motifs is 1. The minimum Gasteiger partial charge on any atom is -0.311 e. The van der Waals surface area contributed by atoms with Gasteiger partial charge in [-0.05, 0) is 24.1 Å². The van der Waals surface area contributed by atoms with Gasteiger partial charge in [0, 0.05) is 28.6 Å². The van der Waals surface area contributed by atoms with Crippen LogP contribution in [0, 0.1) is 0 Å². The Hall–Kier alpha value is -0.590. The molecule has 1 heterocycles. The number of carbonyl (C=O) groups excluding carboxylic acids is 1. The summed E-state index contributed by atoms with van der Waals surface area (Å²) in [4.78, 5) is 12.9. The van der Waals surface area contributed by atoms with Crippen LogP contribution in [0.3, 0.4) is 0 Å². The fraction of sp³-hybridized carbons (Fsp3) is 0.300. The Morgan fingerprint density at radius 3 is 2.65 bits per heavy atom. The standard InChI is InChI=1S/C10H9BrClNO3S/c1-6(14)13-3-2-7-4-8(11)5-9(10(7)13)17(12,15)16/h4-5H,2-3H2,1H3. The Bertz CT molecular complexity index is 600. The zero-order chi connectivity index (χ0) is 12.8. The molecule has 0 spiro atoms. The number of hydrogen-bond acceptors (Lipinski definition) is 3. The minimum absolute atomic E-state index is 0.0174. The highest BCUT2D eigenvalue weighted by Gasteiger charge is 2.30. The van der Waals surface area contributed by atoms with E-state index in [1.807, 2.05) is 6.07 Å². The first-order valence-corrected chi connectivity index (χ1v) is 7.96. The summed E-state index contributed by atoms with van der Waals surface area (Å²) in [5, 5.41) is 0. The van der Waals surface area contributed by atoms with E-state index in [-0.39, 0.29) is 10.8 Å². The lowest BCUT2D eigenvalue weighted by molar-refractivity contribution is -0.116. The Labute approximate surface area is 112 Å². The number of amides is 1. The first kappa shape index (κ1) is 12.9. The van der Waals surface area contributed by atoms with E-state index < -0.39 is 9.05 Å². The lowest BCUT2D eigenvalue weighted by Gasteiger charge is -2.17. The third kappa shape index (κ3) is 2.34. The second-order valence-corrected chi connectivity index (χ2v) is 7.22. The first-order chi connectivity index (χ1) is 7.80. The van der Waals surface area contributed by atoms with E-state index in [0.717, 1.165) is 5.56 Å². The van der Waals surface area contributed by atoms with Crippen molar-refractivity contribution < 1.29 is 13.2 Å². The third-order valence-corrected chi connectivity index (χ3v) is 4.43. The molecule has 0 unspecified atom stereocenters. The van der Waals surface area contributed by atoms with Crippen LogP contribution in [-0.4, -0.2) is 20.9 Å². The lowest BCUT2D eigenvalue weighted by Crippen LogP contribution is -2.26. The van der Waals surface area contributed by atoms with Crippen LogP contribution >= 0.6 is 26.6 Å². The molecule has 17 heavy (non-hydrogen) atoms. The molecule has 1 aliphatic rings. The van der Waals surface area contributed by atoms with Gasteiger partial charge >= 0.3 is 0 Å². The van der Waals surface area contributed by atoms with Crippen molar-refractivity contribution in [3.05, 3.63) is 22.2 Å². The Morgan fingerprint density at radius 2 is 2.12 bits per heavy atom. The quantitative estimate of drug-likeness (QED) is 0.738. The molecule has 0 N–H and O–H groups in total. The molecular formula is C10H9BrClNO3S. The molecule has 0 fully saturated rings. The molecule has 0 atom stereocenters. The molecule has 0 radical (unpaired) electrons. The van der Waals surface area contributed by atoms with Crippen LogP contribution < -0.4 is 4.90 Å². The molecule has 1 aliphatic heterocycles. The van der Waals surface area contributed by atoms with Crippen LogP contribution in [0.1, 0.15) is 12.5 Å². The van der Waals surface area contributed by atoms with Crippen molar-refractivity contribution in [2.45, 2.75) is 18.2 Å². The van der Waals surface area contributed by atoms with Crippen molar-refractivity contribution in [1.29, 1.82) is 0 Å². The third-order valence-electron chi connectivity index (χ3n) is 2.64. The van der Waals surface area contributed by atoms with Gasteiger partial charge in [0.25, 0.3) is 9.05 Å².